The number of benzene rings is 1. The molecule has 0 unspecified atom stereocenters. The van der Waals surface area contributed by atoms with Crippen LogP contribution in [-0.4, -0.2) is 39.9 Å². The summed E-state index contributed by atoms with van der Waals surface area (Å²) in [6.45, 7) is 3.99. The molecule has 0 radical (unpaired) electrons. The number of rotatable bonds is 6. The van der Waals surface area contributed by atoms with Gasteiger partial charge in [-0.1, -0.05) is 25.2 Å². The van der Waals surface area contributed by atoms with Crippen LogP contribution in [-0.2, 0) is 4.79 Å². The number of carbonyl (C=O) groups is 1. The van der Waals surface area contributed by atoms with E-state index >= 15 is 0 Å². The van der Waals surface area contributed by atoms with E-state index in [1.54, 1.807) is 24.8 Å². The monoisotopic (exact) mass is 361 g/mol. The lowest BCUT2D eigenvalue weighted by Gasteiger charge is -2.08. The third-order valence-corrected chi connectivity index (χ3v) is 4.29. The fourth-order valence-electron chi connectivity index (χ4n) is 2.36. The van der Waals surface area contributed by atoms with Crippen molar-refractivity contribution in [2.24, 2.45) is 5.92 Å². The maximum atomic E-state index is 11.9. The highest BCUT2D eigenvalue weighted by atomic mass is 32.1. The molecule has 0 saturated heterocycles. The number of fused-ring (bicyclic) bond motifs is 1. The molecular formula is C16H19N5O3S. The van der Waals surface area contributed by atoms with E-state index in [1.165, 1.54) is 11.3 Å². The summed E-state index contributed by atoms with van der Waals surface area (Å²) in [5, 5.41) is 16.0. The SMILES string of the molecule is COc1ccc(-c2nnc3sc(NC(=O)CC(C)C)nn23)cc1OC. The number of aromatic nitrogens is 4. The van der Waals surface area contributed by atoms with Crippen LogP contribution in [0.15, 0.2) is 18.2 Å². The summed E-state index contributed by atoms with van der Waals surface area (Å²) in [5.41, 5.74) is 0.788. The van der Waals surface area contributed by atoms with Crippen LogP contribution >= 0.6 is 11.3 Å². The van der Waals surface area contributed by atoms with Crippen LogP contribution in [0.2, 0.25) is 0 Å². The van der Waals surface area contributed by atoms with Crippen LogP contribution < -0.4 is 14.8 Å². The normalized spacial score (nSPS) is 11.1. The predicted octanol–water partition coefficient (Wildman–Crippen LogP) is 2.85. The van der Waals surface area contributed by atoms with E-state index in [1.807, 2.05) is 26.0 Å². The maximum absolute atomic E-state index is 11.9. The first-order valence-corrected chi connectivity index (χ1v) is 8.58. The minimum atomic E-state index is -0.0624. The van der Waals surface area contributed by atoms with Gasteiger partial charge < -0.3 is 14.8 Å². The molecule has 0 bridgehead atoms. The van der Waals surface area contributed by atoms with Crippen molar-refractivity contribution < 1.29 is 14.3 Å². The van der Waals surface area contributed by atoms with Gasteiger partial charge in [0.1, 0.15) is 0 Å². The molecular weight excluding hydrogens is 342 g/mol. The van der Waals surface area contributed by atoms with Crippen LogP contribution in [0, 0.1) is 5.92 Å². The number of anilines is 1. The van der Waals surface area contributed by atoms with Gasteiger partial charge in [0.05, 0.1) is 14.2 Å². The van der Waals surface area contributed by atoms with Crippen molar-refractivity contribution in [3.05, 3.63) is 18.2 Å². The molecule has 1 aromatic carbocycles. The molecule has 3 aromatic rings. The Kier molecular flexibility index (Phi) is 4.84. The Balaban J connectivity index is 1.92. The lowest BCUT2D eigenvalue weighted by molar-refractivity contribution is -0.116. The van der Waals surface area contributed by atoms with E-state index < -0.39 is 0 Å². The Labute approximate surface area is 148 Å². The minimum absolute atomic E-state index is 0.0624. The second kappa shape index (κ2) is 7.06. The minimum Gasteiger partial charge on any atom is -0.493 e. The van der Waals surface area contributed by atoms with E-state index in [0.29, 0.717) is 33.8 Å². The number of hydrogen-bond donors (Lipinski definition) is 1. The van der Waals surface area contributed by atoms with E-state index in [4.69, 9.17) is 9.47 Å². The molecule has 1 N–H and O–H groups in total. The van der Waals surface area contributed by atoms with Gasteiger partial charge in [0.15, 0.2) is 17.3 Å². The maximum Gasteiger partial charge on any atom is 0.236 e. The number of methoxy groups -OCH3 is 2. The summed E-state index contributed by atoms with van der Waals surface area (Å²) in [6.07, 6.45) is 0.447. The Morgan fingerprint density at radius 3 is 2.68 bits per heavy atom. The molecule has 8 nitrogen and oxygen atoms in total. The number of nitrogens with one attached hydrogen (secondary N) is 1. The van der Waals surface area contributed by atoms with E-state index in [9.17, 15) is 4.79 Å². The molecule has 132 valence electrons. The van der Waals surface area contributed by atoms with Crippen LogP contribution in [0.3, 0.4) is 0 Å². The largest absolute Gasteiger partial charge is 0.493 e. The Morgan fingerprint density at radius 1 is 1.24 bits per heavy atom. The third-order valence-electron chi connectivity index (χ3n) is 3.47. The quantitative estimate of drug-likeness (QED) is 0.726. The summed E-state index contributed by atoms with van der Waals surface area (Å²) >= 11 is 1.28. The van der Waals surface area contributed by atoms with E-state index in [0.717, 1.165) is 5.56 Å². The fourth-order valence-corrected chi connectivity index (χ4v) is 3.12. The molecule has 2 heterocycles. The van der Waals surface area contributed by atoms with Crippen LogP contribution in [0.1, 0.15) is 20.3 Å². The van der Waals surface area contributed by atoms with Gasteiger partial charge in [-0.3, -0.25) is 4.79 Å². The van der Waals surface area contributed by atoms with Crippen molar-refractivity contribution in [3.63, 3.8) is 0 Å². The highest BCUT2D eigenvalue weighted by Crippen LogP contribution is 2.32. The predicted molar refractivity (Wildman–Crippen MR) is 95.3 cm³/mol. The van der Waals surface area contributed by atoms with Crippen molar-refractivity contribution in [3.8, 4) is 22.9 Å². The van der Waals surface area contributed by atoms with Crippen molar-refractivity contribution in [1.82, 2.24) is 19.8 Å². The topological polar surface area (TPSA) is 90.6 Å². The summed E-state index contributed by atoms with van der Waals surface area (Å²) in [5.74, 6) is 2.02. The molecule has 3 rings (SSSR count). The van der Waals surface area contributed by atoms with Gasteiger partial charge >= 0.3 is 0 Å². The van der Waals surface area contributed by atoms with Crippen molar-refractivity contribution in [2.75, 3.05) is 19.5 Å². The van der Waals surface area contributed by atoms with Gasteiger partial charge in [-0.2, -0.15) is 4.52 Å². The van der Waals surface area contributed by atoms with Crippen LogP contribution in [0.25, 0.3) is 16.3 Å². The second-order valence-electron chi connectivity index (χ2n) is 5.84. The van der Waals surface area contributed by atoms with E-state index in [-0.39, 0.29) is 11.8 Å². The van der Waals surface area contributed by atoms with Crippen molar-refractivity contribution >= 4 is 27.3 Å². The summed E-state index contributed by atoms with van der Waals surface area (Å²) in [7, 11) is 3.16. The Hall–Kier alpha value is -2.68. The number of carbonyl (C=O) groups excluding carboxylic acids is 1. The molecule has 0 aliphatic heterocycles. The lowest BCUT2D eigenvalue weighted by Crippen LogP contribution is -2.13. The molecule has 2 aromatic heterocycles. The molecule has 9 heteroatoms. The standard InChI is InChI=1S/C16H19N5O3S/c1-9(2)7-13(22)17-15-20-21-14(18-19-16(21)25-15)10-5-6-11(23-3)12(8-10)24-4/h5-6,8-9H,7H2,1-4H3,(H,17,20,22). The zero-order valence-electron chi connectivity index (χ0n) is 14.4. The smallest absolute Gasteiger partial charge is 0.236 e. The Morgan fingerprint density at radius 2 is 2.00 bits per heavy atom. The molecule has 0 aliphatic rings. The molecule has 0 aliphatic carbocycles. The van der Waals surface area contributed by atoms with Crippen LogP contribution in [0.4, 0.5) is 5.13 Å². The van der Waals surface area contributed by atoms with Gasteiger partial charge in [0.2, 0.25) is 16.0 Å². The summed E-state index contributed by atoms with van der Waals surface area (Å²) in [6, 6.07) is 5.47. The number of amides is 1. The lowest BCUT2D eigenvalue weighted by atomic mass is 10.1. The molecule has 0 atom stereocenters. The average molecular weight is 361 g/mol. The van der Waals surface area contributed by atoms with Gasteiger partial charge in [-0.15, -0.1) is 15.3 Å². The number of ether oxygens (including phenoxy) is 2. The fraction of sp³-hybridized carbons (Fsp3) is 0.375. The average Bonchev–Trinajstić information content (AvgIpc) is 3.13. The summed E-state index contributed by atoms with van der Waals surface area (Å²) < 4.78 is 12.2. The zero-order chi connectivity index (χ0) is 18.0. The molecule has 25 heavy (non-hydrogen) atoms. The van der Waals surface area contributed by atoms with Crippen molar-refractivity contribution in [2.45, 2.75) is 20.3 Å². The second-order valence-corrected chi connectivity index (χ2v) is 6.80. The van der Waals surface area contributed by atoms with Gasteiger partial charge in [-0.05, 0) is 24.1 Å². The summed E-state index contributed by atoms with van der Waals surface area (Å²) in [4.78, 5) is 12.5. The van der Waals surface area contributed by atoms with Gasteiger partial charge in [0, 0.05) is 12.0 Å². The van der Waals surface area contributed by atoms with Gasteiger partial charge in [0.25, 0.3) is 0 Å². The first kappa shape index (κ1) is 17.2. The Bertz CT molecular complexity index is 902. The number of nitrogens with zero attached hydrogens (tertiary/aromatic N) is 4. The number of hydrogen-bond acceptors (Lipinski definition) is 7. The van der Waals surface area contributed by atoms with Crippen molar-refractivity contribution in [1.29, 1.82) is 0 Å². The van der Waals surface area contributed by atoms with Gasteiger partial charge in [-0.25, -0.2) is 0 Å². The molecule has 1 amide bonds. The molecule has 0 saturated carbocycles. The molecule has 0 fully saturated rings. The zero-order valence-corrected chi connectivity index (χ0v) is 15.3. The third kappa shape index (κ3) is 3.55. The first-order valence-electron chi connectivity index (χ1n) is 7.76. The highest BCUT2D eigenvalue weighted by Gasteiger charge is 2.16. The van der Waals surface area contributed by atoms with Crippen LogP contribution in [0.5, 0.6) is 11.5 Å². The first-order chi connectivity index (χ1) is 12.0. The highest BCUT2D eigenvalue weighted by molar-refractivity contribution is 7.20. The molecule has 0 spiro atoms. The van der Waals surface area contributed by atoms with E-state index in [2.05, 4.69) is 20.6 Å².